The average molecular weight is 139 g/mol. The molecule has 0 unspecified atom stereocenters. The van der Waals surface area contributed by atoms with Crippen LogP contribution in [0.15, 0.2) is 31.1 Å². The van der Waals surface area contributed by atoms with Crippen molar-refractivity contribution in [2.24, 2.45) is 0 Å². The maximum Gasteiger partial charge on any atom is 0.0712 e. The van der Waals surface area contributed by atoms with Crippen LogP contribution >= 0.6 is 11.8 Å². The van der Waals surface area contributed by atoms with Crippen LogP contribution in [0.1, 0.15) is 0 Å². The summed E-state index contributed by atoms with van der Waals surface area (Å²) >= 11 is 1.65. The molecule has 1 rings (SSSR count). The first-order chi connectivity index (χ1) is 4.34. The standard InChI is InChI=1S/C7H9NS/c1-7(9-2)8-5-3-4-6-8/h3-6H,1H2,2H3. The van der Waals surface area contributed by atoms with Crippen LogP contribution in [0, 0.1) is 0 Å². The van der Waals surface area contributed by atoms with Gasteiger partial charge in [-0.15, -0.1) is 11.8 Å². The fourth-order valence-electron chi connectivity index (χ4n) is 0.606. The zero-order valence-corrected chi connectivity index (χ0v) is 6.19. The number of hydrogen-bond acceptors (Lipinski definition) is 1. The molecular formula is C7H9NS. The fraction of sp³-hybridized carbons (Fsp3) is 0.143. The van der Waals surface area contributed by atoms with Gasteiger partial charge in [0.15, 0.2) is 0 Å². The molecule has 0 radical (unpaired) electrons. The predicted molar refractivity (Wildman–Crippen MR) is 43.3 cm³/mol. The molecule has 48 valence electrons. The molecule has 0 amide bonds. The molecule has 0 aliphatic heterocycles. The number of hydrogen-bond donors (Lipinski definition) is 0. The highest BCUT2D eigenvalue weighted by Crippen LogP contribution is 2.14. The lowest BCUT2D eigenvalue weighted by atomic mass is 10.7. The van der Waals surface area contributed by atoms with Gasteiger partial charge in [-0.25, -0.2) is 0 Å². The van der Waals surface area contributed by atoms with Gasteiger partial charge in [0.05, 0.1) is 5.03 Å². The highest BCUT2D eigenvalue weighted by Gasteiger charge is 1.89. The van der Waals surface area contributed by atoms with E-state index < -0.39 is 0 Å². The van der Waals surface area contributed by atoms with Crippen molar-refractivity contribution >= 4 is 16.8 Å². The molecule has 0 saturated carbocycles. The average Bonchev–Trinajstić information content (AvgIpc) is 2.37. The third-order valence-corrected chi connectivity index (χ3v) is 1.81. The SMILES string of the molecule is C=C(SC)n1cccc1. The second-order valence-electron chi connectivity index (χ2n) is 1.69. The van der Waals surface area contributed by atoms with E-state index in [4.69, 9.17) is 0 Å². The largest absolute Gasteiger partial charge is 0.319 e. The van der Waals surface area contributed by atoms with E-state index in [0.717, 1.165) is 5.03 Å². The molecule has 0 aromatic carbocycles. The van der Waals surface area contributed by atoms with Crippen molar-refractivity contribution < 1.29 is 0 Å². The Kier molecular flexibility index (Phi) is 2.01. The van der Waals surface area contributed by atoms with Crippen LogP contribution in [-0.4, -0.2) is 10.8 Å². The molecule has 0 bridgehead atoms. The Balaban J connectivity index is 2.77. The summed E-state index contributed by atoms with van der Waals surface area (Å²) in [4.78, 5) is 0. The van der Waals surface area contributed by atoms with Gasteiger partial charge >= 0.3 is 0 Å². The summed E-state index contributed by atoms with van der Waals surface area (Å²) in [7, 11) is 0. The first-order valence-corrected chi connectivity index (χ1v) is 3.93. The third kappa shape index (κ3) is 1.39. The normalized spacial score (nSPS) is 9.44. The van der Waals surface area contributed by atoms with Crippen LogP contribution in [0.2, 0.25) is 0 Å². The summed E-state index contributed by atoms with van der Waals surface area (Å²) in [5.41, 5.74) is 0. The van der Waals surface area contributed by atoms with Crippen LogP contribution in [0.4, 0.5) is 0 Å². The number of nitrogens with zero attached hydrogens (tertiary/aromatic N) is 1. The monoisotopic (exact) mass is 139 g/mol. The predicted octanol–water partition coefficient (Wildman–Crippen LogP) is 2.28. The van der Waals surface area contributed by atoms with Gasteiger partial charge in [-0.05, 0) is 18.4 Å². The molecule has 0 N–H and O–H groups in total. The Hall–Kier alpha value is -0.630. The summed E-state index contributed by atoms with van der Waals surface area (Å²) in [5.74, 6) is 0. The first kappa shape index (κ1) is 6.49. The molecule has 1 aromatic heterocycles. The van der Waals surface area contributed by atoms with E-state index in [2.05, 4.69) is 6.58 Å². The van der Waals surface area contributed by atoms with Gasteiger partial charge in [0.25, 0.3) is 0 Å². The molecule has 9 heavy (non-hydrogen) atoms. The van der Waals surface area contributed by atoms with Gasteiger partial charge in [-0.2, -0.15) is 0 Å². The van der Waals surface area contributed by atoms with Crippen molar-refractivity contribution in [1.82, 2.24) is 4.57 Å². The topological polar surface area (TPSA) is 4.93 Å². The molecule has 0 aliphatic carbocycles. The Morgan fingerprint density at radius 3 is 2.44 bits per heavy atom. The summed E-state index contributed by atoms with van der Waals surface area (Å²) in [6, 6.07) is 3.98. The maximum absolute atomic E-state index is 3.84. The van der Waals surface area contributed by atoms with Gasteiger partial charge in [0.1, 0.15) is 0 Å². The highest BCUT2D eigenvalue weighted by molar-refractivity contribution is 8.07. The van der Waals surface area contributed by atoms with Crippen molar-refractivity contribution in [3.05, 3.63) is 31.1 Å². The minimum absolute atomic E-state index is 1.06. The van der Waals surface area contributed by atoms with Gasteiger partial charge in [0.2, 0.25) is 0 Å². The lowest BCUT2D eigenvalue weighted by molar-refractivity contribution is 1.16. The third-order valence-electron chi connectivity index (χ3n) is 1.13. The van der Waals surface area contributed by atoms with Crippen molar-refractivity contribution in [3.8, 4) is 0 Å². The van der Waals surface area contributed by atoms with Gasteiger partial charge < -0.3 is 4.57 Å². The Morgan fingerprint density at radius 2 is 2.00 bits per heavy atom. The summed E-state index contributed by atoms with van der Waals surface area (Å²) in [5, 5.41) is 1.06. The Labute approximate surface area is 59.4 Å². The zero-order valence-electron chi connectivity index (χ0n) is 5.37. The molecule has 1 aromatic rings. The second kappa shape index (κ2) is 2.78. The van der Waals surface area contributed by atoms with E-state index in [1.165, 1.54) is 0 Å². The van der Waals surface area contributed by atoms with Crippen molar-refractivity contribution in [3.63, 3.8) is 0 Å². The van der Waals surface area contributed by atoms with Crippen LogP contribution in [0.25, 0.3) is 5.03 Å². The maximum atomic E-state index is 3.84. The second-order valence-corrected chi connectivity index (χ2v) is 2.57. The Bertz CT molecular complexity index is 189. The van der Waals surface area contributed by atoms with Crippen LogP contribution in [0.3, 0.4) is 0 Å². The van der Waals surface area contributed by atoms with E-state index >= 15 is 0 Å². The van der Waals surface area contributed by atoms with Crippen LogP contribution in [0.5, 0.6) is 0 Å². The van der Waals surface area contributed by atoms with Crippen LogP contribution in [-0.2, 0) is 0 Å². The molecule has 0 fully saturated rings. The number of thioether (sulfide) groups is 1. The quantitative estimate of drug-likeness (QED) is 0.608. The van der Waals surface area contributed by atoms with Crippen molar-refractivity contribution in [2.45, 2.75) is 0 Å². The van der Waals surface area contributed by atoms with Crippen molar-refractivity contribution in [2.75, 3.05) is 6.26 Å². The summed E-state index contributed by atoms with van der Waals surface area (Å²) < 4.78 is 1.99. The van der Waals surface area contributed by atoms with E-state index in [0.29, 0.717) is 0 Å². The molecule has 1 heterocycles. The highest BCUT2D eigenvalue weighted by atomic mass is 32.2. The van der Waals surface area contributed by atoms with E-state index in [-0.39, 0.29) is 0 Å². The molecule has 0 spiro atoms. The van der Waals surface area contributed by atoms with Gasteiger partial charge in [-0.1, -0.05) is 6.58 Å². The summed E-state index contributed by atoms with van der Waals surface area (Å²) in [6.45, 7) is 3.84. The lowest BCUT2D eigenvalue weighted by Crippen LogP contribution is -1.84. The lowest BCUT2D eigenvalue weighted by Gasteiger charge is -2.00. The molecule has 0 saturated heterocycles. The molecule has 0 atom stereocenters. The van der Waals surface area contributed by atoms with E-state index in [1.807, 2.05) is 35.3 Å². The number of rotatable bonds is 2. The molecule has 2 heteroatoms. The van der Waals surface area contributed by atoms with Crippen LogP contribution < -0.4 is 0 Å². The zero-order chi connectivity index (χ0) is 6.69. The smallest absolute Gasteiger partial charge is 0.0712 e. The molecule has 1 nitrogen and oxygen atoms in total. The first-order valence-electron chi connectivity index (χ1n) is 2.71. The van der Waals surface area contributed by atoms with Crippen molar-refractivity contribution in [1.29, 1.82) is 0 Å². The van der Waals surface area contributed by atoms with E-state index in [9.17, 15) is 0 Å². The minimum atomic E-state index is 1.06. The minimum Gasteiger partial charge on any atom is -0.319 e. The molecular weight excluding hydrogens is 130 g/mol. The Morgan fingerprint density at radius 1 is 1.44 bits per heavy atom. The summed E-state index contributed by atoms with van der Waals surface area (Å²) in [6.07, 6.45) is 5.99. The van der Waals surface area contributed by atoms with Gasteiger partial charge in [-0.3, -0.25) is 0 Å². The fourth-order valence-corrected chi connectivity index (χ4v) is 0.939. The molecule has 0 aliphatic rings. The van der Waals surface area contributed by atoms with Gasteiger partial charge in [0, 0.05) is 12.4 Å². The van der Waals surface area contributed by atoms with E-state index in [1.54, 1.807) is 11.8 Å². The number of aromatic nitrogens is 1.